The summed E-state index contributed by atoms with van der Waals surface area (Å²) in [5.74, 6) is 0.822. The Bertz CT molecular complexity index is 1130. The number of rotatable bonds is 2. The minimum atomic E-state index is -0.876. The molecule has 132 valence electrons. The summed E-state index contributed by atoms with van der Waals surface area (Å²) in [6.07, 6.45) is 0. The quantitative estimate of drug-likeness (QED) is 0.612. The van der Waals surface area contributed by atoms with Crippen LogP contribution in [-0.4, -0.2) is 18.6 Å². The molecule has 2 aliphatic rings. The van der Waals surface area contributed by atoms with E-state index in [1.165, 1.54) is 0 Å². The van der Waals surface area contributed by atoms with E-state index in [-0.39, 0.29) is 5.78 Å². The number of thioether (sulfide) groups is 1. The van der Waals surface area contributed by atoms with E-state index in [2.05, 4.69) is 19.1 Å². The summed E-state index contributed by atoms with van der Waals surface area (Å²) in [4.78, 5) is 19.7. The maximum atomic E-state index is 13.7. The van der Waals surface area contributed by atoms with Gasteiger partial charge < -0.3 is 4.74 Å². The zero-order valence-corrected chi connectivity index (χ0v) is 15.8. The fourth-order valence-corrected chi connectivity index (χ4v) is 5.35. The number of methoxy groups -OCH3 is 1. The van der Waals surface area contributed by atoms with E-state index in [0.717, 1.165) is 44.3 Å². The van der Waals surface area contributed by atoms with Gasteiger partial charge in [0.15, 0.2) is 10.5 Å². The van der Waals surface area contributed by atoms with Crippen LogP contribution in [0.4, 0.5) is 5.69 Å². The summed E-state index contributed by atoms with van der Waals surface area (Å²) in [5.41, 5.74) is 5.45. The van der Waals surface area contributed by atoms with Crippen LogP contribution in [0, 0.1) is 6.92 Å². The van der Waals surface area contributed by atoms with Gasteiger partial charge in [-0.05, 0) is 42.3 Å². The molecule has 1 aliphatic carbocycles. The van der Waals surface area contributed by atoms with Crippen LogP contribution in [0.15, 0.2) is 76.6 Å². The normalized spacial score (nSPS) is 19.8. The molecule has 1 heterocycles. The minimum Gasteiger partial charge on any atom is -0.497 e. The Hall–Kier alpha value is -2.85. The van der Waals surface area contributed by atoms with E-state index >= 15 is 0 Å². The highest BCUT2D eigenvalue weighted by Crippen LogP contribution is 2.56. The molecule has 0 aromatic heterocycles. The molecule has 0 radical (unpaired) electrons. The van der Waals surface area contributed by atoms with Gasteiger partial charge in [-0.2, -0.15) is 0 Å². The molecular formula is C23H17NO2S. The van der Waals surface area contributed by atoms with Gasteiger partial charge in [0.05, 0.1) is 18.5 Å². The summed E-state index contributed by atoms with van der Waals surface area (Å²) >= 11 is 1.59. The predicted molar refractivity (Wildman–Crippen MR) is 109 cm³/mol. The number of ketones is 1. The molecule has 0 amide bonds. The summed E-state index contributed by atoms with van der Waals surface area (Å²) in [6, 6.07) is 21.8. The number of fused-ring (bicyclic) bond motifs is 4. The molecular weight excluding hydrogens is 354 g/mol. The van der Waals surface area contributed by atoms with E-state index in [1.54, 1.807) is 18.9 Å². The topological polar surface area (TPSA) is 38.7 Å². The zero-order chi connectivity index (χ0) is 18.6. The van der Waals surface area contributed by atoms with Gasteiger partial charge in [0.2, 0.25) is 0 Å². The third-order valence-corrected chi connectivity index (χ3v) is 6.63. The van der Waals surface area contributed by atoms with Crippen molar-refractivity contribution in [3.8, 4) is 5.75 Å². The fraction of sp³-hybridized carbons (Fsp3) is 0.130. The van der Waals surface area contributed by atoms with Gasteiger partial charge in [0.25, 0.3) is 0 Å². The Labute approximate surface area is 162 Å². The summed E-state index contributed by atoms with van der Waals surface area (Å²) < 4.78 is 4.56. The molecule has 5 rings (SSSR count). The Kier molecular flexibility index (Phi) is 3.52. The molecule has 1 atom stereocenters. The van der Waals surface area contributed by atoms with Gasteiger partial charge >= 0.3 is 0 Å². The lowest BCUT2D eigenvalue weighted by Crippen LogP contribution is -2.36. The monoisotopic (exact) mass is 371 g/mol. The SMILES string of the molecule is COc1cccc(C23Sc4cc(C)ccc4N=C2c2ccccc2C3=O)c1. The molecule has 0 bridgehead atoms. The van der Waals surface area contributed by atoms with Crippen LogP contribution >= 0.6 is 11.8 Å². The van der Waals surface area contributed by atoms with Crippen LogP contribution < -0.4 is 4.74 Å². The molecule has 0 N–H and O–H groups in total. The van der Waals surface area contributed by atoms with Crippen molar-refractivity contribution in [1.82, 2.24) is 0 Å². The number of benzene rings is 3. The first-order valence-corrected chi connectivity index (χ1v) is 9.63. The molecule has 3 aromatic carbocycles. The van der Waals surface area contributed by atoms with E-state index in [9.17, 15) is 4.79 Å². The van der Waals surface area contributed by atoms with Gasteiger partial charge in [-0.3, -0.25) is 4.79 Å². The highest BCUT2D eigenvalue weighted by Gasteiger charge is 2.55. The molecule has 0 fully saturated rings. The average Bonchev–Trinajstić information content (AvgIpc) is 2.96. The lowest BCUT2D eigenvalue weighted by molar-refractivity contribution is 0.0976. The molecule has 0 spiro atoms. The van der Waals surface area contributed by atoms with Crippen LogP contribution in [0.1, 0.15) is 27.0 Å². The van der Waals surface area contributed by atoms with Crippen molar-refractivity contribution in [3.05, 3.63) is 89.0 Å². The summed E-state index contributed by atoms with van der Waals surface area (Å²) in [7, 11) is 1.64. The number of hydrogen-bond donors (Lipinski definition) is 0. The Morgan fingerprint density at radius 1 is 0.963 bits per heavy atom. The molecule has 1 aliphatic heterocycles. The zero-order valence-electron chi connectivity index (χ0n) is 15.0. The van der Waals surface area contributed by atoms with Gasteiger partial charge in [-0.1, -0.05) is 54.2 Å². The molecule has 27 heavy (non-hydrogen) atoms. The van der Waals surface area contributed by atoms with E-state index < -0.39 is 4.75 Å². The third kappa shape index (κ3) is 2.23. The molecule has 4 heteroatoms. The maximum Gasteiger partial charge on any atom is 0.190 e. The highest BCUT2D eigenvalue weighted by molar-refractivity contribution is 8.02. The van der Waals surface area contributed by atoms with Gasteiger partial charge in [-0.25, -0.2) is 4.99 Å². The largest absolute Gasteiger partial charge is 0.497 e. The first kappa shape index (κ1) is 16.3. The maximum absolute atomic E-state index is 13.7. The second kappa shape index (κ2) is 5.83. The van der Waals surface area contributed by atoms with Gasteiger partial charge in [-0.15, -0.1) is 0 Å². The Morgan fingerprint density at radius 3 is 2.59 bits per heavy atom. The summed E-state index contributed by atoms with van der Waals surface area (Å²) in [5, 5.41) is 0. The number of carbonyl (C=O) groups excluding carboxylic acids is 1. The van der Waals surface area contributed by atoms with Crippen molar-refractivity contribution in [2.45, 2.75) is 16.6 Å². The number of aliphatic imine (C=N–C) groups is 1. The third-order valence-electron chi connectivity index (χ3n) is 5.17. The van der Waals surface area contributed by atoms with Crippen LogP contribution in [-0.2, 0) is 4.75 Å². The molecule has 0 saturated carbocycles. The summed E-state index contributed by atoms with van der Waals surface area (Å²) in [6.45, 7) is 2.06. The van der Waals surface area contributed by atoms with Crippen LogP contribution in [0.2, 0.25) is 0 Å². The molecule has 3 aromatic rings. The van der Waals surface area contributed by atoms with Crippen molar-refractivity contribution in [3.63, 3.8) is 0 Å². The first-order valence-electron chi connectivity index (χ1n) is 8.81. The van der Waals surface area contributed by atoms with Crippen molar-refractivity contribution in [1.29, 1.82) is 0 Å². The second-order valence-electron chi connectivity index (χ2n) is 6.82. The van der Waals surface area contributed by atoms with Crippen LogP contribution in [0.5, 0.6) is 5.75 Å². The smallest absolute Gasteiger partial charge is 0.190 e. The van der Waals surface area contributed by atoms with Crippen molar-refractivity contribution in [2.75, 3.05) is 7.11 Å². The number of hydrogen-bond acceptors (Lipinski definition) is 4. The predicted octanol–water partition coefficient (Wildman–Crippen LogP) is 5.32. The number of nitrogens with zero attached hydrogens (tertiary/aromatic N) is 1. The van der Waals surface area contributed by atoms with Crippen LogP contribution in [0.3, 0.4) is 0 Å². The van der Waals surface area contributed by atoms with Crippen molar-refractivity contribution in [2.24, 2.45) is 4.99 Å². The first-order chi connectivity index (χ1) is 13.1. The highest BCUT2D eigenvalue weighted by atomic mass is 32.2. The lowest BCUT2D eigenvalue weighted by atomic mass is 9.91. The Morgan fingerprint density at radius 2 is 1.78 bits per heavy atom. The minimum absolute atomic E-state index is 0.0854. The molecule has 0 saturated heterocycles. The van der Waals surface area contributed by atoms with Crippen LogP contribution in [0.25, 0.3) is 0 Å². The van der Waals surface area contributed by atoms with Crippen molar-refractivity contribution < 1.29 is 9.53 Å². The van der Waals surface area contributed by atoms with E-state index in [1.807, 2.05) is 54.6 Å². The van der Waals surface area contributed by atoms with Gasteiger partial charge in [0, 0.05) is 16.0 Å². The number of aryl methyl sites for hydroxylation is 1. The van der Waals surface area contributed by atoms with Crippen molar-refractivity contribution >= 4 is 28.9 Å². The molecule has 3 nitrogen and oxygen atoms in total. The Balaban J connectivity index is 1.83. The number of ether oxygens (including phenoxy) is 1. The lowest BCUT2D eigenvalue weighted by Gasteiger charge is -2.32. The number of carbonyl (C=O) groups is 1. The van der Waals surface area contributed by atoms with E-state index in [0.29, 0.717) is 0 Å². The number of Topliss-reactive ketones (excluding diaryl/α,β-unsaturated/α-hetero) is 1. The van der Waals surface area contributed by atoms with E-state index in [4.69, 9.17) is 9.73 Å². The molecule has 1 unspecified atom stereocenters. The fourth-order valence-electron chi connectivity index (χ4n) is 3.86. The standard InChI is InChI=1S/C23H17NO2S/c1-14-10-11-19-20(12-14)27-23(15-6-5-7-16(13-15)26-2)21(24-19)17-8-3-4-9-18(17)22(23)25/h3-13H,1-2H3. The average molecular weight is 371 g/mol. The van der Waals surface area contributed by atoms with Gasteiger partial charge in [0.1, 0.15) is 5.75 Å². The second-order valence-corrected chi connectivity index (χ2v) is 8.08.